The number of benzene rings is 1. The van der Waals surface area contributed by atoms with Crippen LogP contribution in [0.15, 0.2) is 47.1 Å². The molecule has 82 valence electrons. The van der Waals surface area contributed by atoms with E-state index >= 15 is 0 Å². The summed E-state index contributed by atoms with van der Waals surface area (Å²) >= 11 is 1.62. The van der Waals surface area contributed by atoms with Gasteiger partial charge >= 0.3 is 0 Å². The molecule has 0 amide bonds. The number of hydrogen-bond donors (Lipinski definition) is 0. The third-order valence-corrected chi connectivity index (χ3v) is 2.89. The molecule has 2 rings (SSSR count). The number of nitrogens with zero attached hydrogens (tertiary/aromatic N) is 2. The second kappa shape index (κ2) is 5.42. The molecule has 4 heteroatoms. The molecule has 2 aromatic rings. The minimum Gasteiger partial charge on any atom is -0.399 e. The van der Waals surface area contributed by atoms with Crippen LogP contribution in [0.25, 0.3) is 0 Å². The molecule has 0 atom stereocenters. The number of thiazole rings is 1. The van der Waals surface area contributed by atoms with E-state index in [-0.39, 0.29) is 0 Å². The largest absolute Gasteiger partial charge is 0.399 e. The van der Waals surface area contributed by atoms with Crippen molar-refractivity contribution < 1.29 is 4.84 Å². The third kappa shape index (κ3) is 2.67. The zero-order valence-corrected chi connectivity index (χ0v) is 9.78. The highest BCUT2D eigenvalue weighted by Crippen LogP contribution is 2.11. The fraction of sp³-hybridized carbons (Fsp3) is 0.167. The SMILES string of the molecule is CON=C(Cc1nccs1)c1ccccc1. The second-order valence-corrected chi connectivity index (χ2v) is 4.17. The molecule has 0 saturated heterocycles. The Morgan fingerprint density at radius 3 is 2.81 bits per heavy atom. The van der Waals surface area contributed by atoms with Crippen LogP contribution < -0.4 is 0 Å². The van der Waals surface area contributed by atoms with Crippen LogP contribution in [0, 0.1) is 0 Å². The van der Waals surface area contributed by atoms with Gasteiger partial charge in [-0.2, -0.15) is 0 Å². The van der Waals surface area contributed by atoms with Crippen molar-refractivity contribution in [2.24, 2.45) is 5.16 Å². The van der Waals surface area contributed by atoms with E-state index in [1.54, 1.807) is 24.6 Å². The normalized spacial score (nSPS) is 11.4. The van der Waals surface area contributed by atoms with Crippen molar-refractivity contribution in [3.05, 3.63) is 52.5 Å². The Kier molecular flexibility index (Phi) is 3.66. The van der Waals surface area contributed by atoms with E-state index in [1.807, 2.05) is 35.7 Å². The summed E-state index contributed by atoms with van der Waals surface area (Å²) in [6, 6.07) is 10.00. The lowest BCUT2D eigenvalue weighted by Crippen LogP contribution is -2.05. The van der Waals surface area contributed by atoms with Crippen molar-refractivity contribution in [1.82, 2.24) is 4.98 Å². The van der Waals surface area contributed by atoms with E-state index in [0.717, 1.165) is 16.3 Å². The number of aromatic nitrogens is 1. The van der Waals surface area contributed by atoms with Gasteiger partial charge in [0.1, 0.15) is 7.11 Å². The van der Waals surface area contributed by atoms with Crippen molar-refractivity contribution in [1.29, 1.82) is 0 Å². The molecular formula is C12H12N2OS. The lowest BCUT2D eigenvalue weighted by Gasteiger charge is -2.03. The summed E-state index contributed by atoms with van der Waals surface area (Å²) in [6.07, 6.45) is 2.50. The highest BCUT2D eigenvalue weighted by atomic mass is 32.1. The van der Waals surface area contributed by atoms with Gasteiger partial charge in [-0.25, -0.2) is 4.98 Å². The Morgan fingerprint density at radius 2 is 2.19 bits per heavy atom. The fourth-order valence-corrected chi connectivity index (χ4v) is 2.03. The summed E-state index contributed by atoms with van der Waals surface area (Å²) in [4.78, 5) is 9.12. The van der Waals surface area contributed by atoms with Gasteiger partial charge < -0.3 is 4.84 Å². The third-order valence-electron chi connectivity index (χ3n) is 2.11. The van der Waals surface area contributed by atoms with Gasteiger partial charge in [0.05, 0.1) is 10.7 Å². The molecule has 0 saturated carbocycles. The molecule has 1 aromatic carbocycles. The van der Waals surface area contributed by atoms with Crippen LogP contribution in [-0.4, -0.2) is 17.8 Å². The molecule has 0 aliphatic rings. The first kappa shape index (κ1) is 10.8. The van der Waals surface area contributed by atoms with Gasteiger partial charge in [0.15, 0.2) is 0 Å². The maximum Gasteiger partial charge on any atom is 0.106 e. The highest BCUT2D eigenvalue weighted by molar-refractivity contribution is 7.09. The van der Waals surface area contributed by atoms with Gasteiger partial charge in [-0.15, -0.1) is 11.3 Å². The molecule has 0 fully saturated rings. The predicted molar refractivity (Wildman–Crippen MR) is 65.8 cm³/mol. The van der Waals surface area contributed by atoms with Crippen LogP contribution in [0.1, 0.15) is 10.6 Å². The Labute approximate surface area is 98.4 Å². The Balaban J connectivity index is 2.22. The molecule has 1 aromatic heterocycles. The predicted octanol–water partition coefficient (Wildman–Crippen LogP) is 2.74. The molecule has 3 nitrogen and oxygen atoms in total. The average Bonchev–Trinajstić information content (AvgIpc) is 2.83. The molecule has 0 unspecified atom stereocenters. The number of rotatable bonds is 4. The fourth-order valence-electron chi connectivity index (χ4n) is 1.41. The van der Waals surface area contributed by atoms with Crippen molar-refractivity contribution in [3.8, 4) is 0 Å². The number of hydrogen-bond acceptors (Lipinski definition) is 4. The van der Waals surface area contributed by atoms with Crippen molar-refractivity contribution >= 4 is 17.0 Å². The summed E-state index contributed by atoms with van der Waals surface area (Å²) in [5.41, 5.74) is 1.97. The first-order valence-electron chi connectivity index (χ1n) is 4.94. The summed E-state index contributed by atoms with van der Waals surface area (Å²) in [5.74, 6) is 0. The molecular weight excluding hydrogens is 220 g/mol. The van der Waals surface area contributed by atoms with E-state index in [0.29, 0.717) is 6.42 Å². The van der Waals surface area contributed by atoms with Gasteiger partial charge in [0.2, 0.25) is 0 Å². The lowest BCUT2D eigenvalue weighted by molar-refractivity contribution is 0.213. The van der Waals surface area contributed by atoms with Crippen molar-refractivity contribution in [3.63, 3.8) is 0 Å². The maximum atomic E-state index is 4.87. The zero-order valence-electron chi connectivity index (χ0n) is 8.96. The molecule has 0 N–H and O–H groups in total. The van der Waals surface area contributed by atoms with Gasteiger partial charge in [-0.05, 0) is 5.56 Å². The van der Waals surface area contributed by atoms with Gasteiger partial charge in [0, 0.05) is 18.0 Å². The second-order valence-electron chi connectivity index (χ2n) is 3.19. The topological polar surface area (TPSA) is 34.5 Å². The Bertz CT molecular complexity index is 451. The summed E-state index contributed by atoms with van der Waals surface area (Å²) in [7, 11) is 1.56. The quantitative estimate of drug-likeness (QED) is 0.600. The molecule has 0 radical (unpaired) electrons. The first-order valence-corrected chi connectivity index (χ1v) is 5.82. The zero-order chi connectivity index (χ0) is 11.2. The Morgan fingerprint density at radius 1 is 1.38 bits per heavy atom. The lowest BCUT2D eigenvalue weighted by atomic mass is 10.1. The molecule has 0 bridgehead atoms. The molecule has 0 aliphatic heterocycles. The van der Waals surface area contributed by atoms with Crippen LogP contribution in [0.3, 0.4) is 0 Å². The molecule has 0 aliphatic carbocycles. The number of oxime groups is 1. The van der Waals surface area contributed by atoms with Gasteiger partial charge in [-0.3, -0.25) is 0 Å². The summed E-state index contributed by atoms with van der Waals surface area (Å²) < 4.78 is 0. The summed E-state index contributed by atoms with van der Waals surface area (Å²) in [5, 5.41) is 7.06. The van der Waals surface area contributed by atoms with Crippen molar-refractivity contribution in [2.75, 3.05) is 7.11 Å². The van der Waals surface area contributed by atoms with Gasteiger partial charge in [0.25, 0.3) is 0 Å². The monoisotopic (exact) mass is 232 g/mol. The summed E-state index contributed by atoms with van der Waals surface area (Å²) in [6.45, 7) is 0. The average molecular weight is 232 g/mol. The van der Waals surface area contributed by atoms with Crippen LogP contribution in [0.5, 0.6) is 0 Å². The van der Waals surface area contributed by atoms with Crippen molar-refractivity contribution in [2.45, 2.75) is 6.42 Å². The smallest absolute Gasteiger partial charge is 0.106 e. The standard InChI is InChI=1S/C12H12N2OS/c1-15-14-11(9-12-13-7-8-16-12)10-5-3-2-4-6-10/h2-8H,9H2,1H3. The minimum absolute atomic E-state index is 0.704. The van der Waals surface area contributed by atoms with E-state index in [4.69, 9.17) is 4.84 Å². The minimum atomic E-state index is 0.704. The highest BCUT2D eigenvalue weighted by Gasteiger charge is 2.07. The molecule has 1 heterocycles. The van der Waals surface area contributed by atoms with E-state index in [9.17, 15) is 0 Å². The van der Waals surface area contributed by atoms with Crippen LogP contribution in [0.4, 0.5) is 0 Å². The molecule has 16 heavy (non-hydrogen) atoms. The van der Waals surface area contributed by atoms with E-state index in [1.165, 1.54) is 0 Å². The van der Waals surface area contributed by atoms with E-state index in [2.05, 4.69) is 10.1 Å². The van der Waals surface area contributed by atoms with E-state index < -0.39 is 0 Å². The van der Waals surface area contributed by atoms with Crippen LogP contribution in [0.2, 0.25) is 0 Å². The first-order chi connectivity index (χ1) is 7.90. The maximum absolute atomic E-state index is 4.87. The van der Waals surface area contributed by atoms with Gasteiger partial charge in [-0.1, -0.05) is 35.5 Å². The van der Waals surface area contributed by atoms with Crippen LogP contribution >= 0.6 is 11.3 Å². The Hall–Kier alpha value is -1.68. The van der Waals surface area contributed by atoms with Crippen LogP contribution in [-0.2, 0) is 11.3 Å². The molecule has 0 spiro atoms.